The summed E-state index contributed by atoms with van der Waals surface area (Å²) in [6, 6.07) is 19.7. The van der Waals surface area contributed by atoms with Gasteiger partial charge < -0.3 is 14.6 Å². The number of hydrogen-bond donors (Lipinski definition) is 0. The predicted molar refractivity (Wildman–Crippen MR) is 104 cm³/mol. The molecular weight excluding hydrogens is 379 g/mol. The molecule has 3 aromatic rings. The number of nitrogens with zero attached hydrogens (tertiary/aromatic N) is 2. The van der Waals surface area contributed by atoms with E-state index >= 15 is 0 Å². The molecule has 29 heavy (non-hydrogen) atoms. The summed E-state index contributed by atoms with van der Waals surface area (Å²) in [7, 11) is 2.81. The van der Waals surface area contributed by atoms with Crippen LogP contribution in [0.25, 0.3) is 0 Å². The van der Waals surface area contributed by atoms with Gasteiger partial charge in [-0.2, -0.15) is 0 Å². The third kappa shape index (κ3) is 4.61. The number of rotatable bonds is 6. The number of aromatic carboxylic acids is 1. The fourth-order valence-corrected chi connectivity index (χ4v) is 3.57. The molecule has 1 unspecified atom stereocenters. The first-order valence-electron chi connectivity index (χ1n) is 8.91. The van der Waals surface area contributed by atoms with E-state index in [-0.39, 0.29) is 47.1 Å². The van der Waals surface area contributed by atoms with E-state index in [0.717, 1.165) is 11.1 Å². The van der Waals surface area contributed by atoms with E-state index < -0.39 is 17.2 Å². The first-order valence-corrected chi connectivity index (χ1v) is 8.91. The summed E-state index contributed by atoms with van der Waals surface area (Å²) in [5.41, 5.74) is 1.05. The average molecular weight is 400 g/mol. The number of carboxylic acid groups (broad SMARTS) is 1. The molecule has 0 bridgehead atoms. The van der Waals surface area contributed by atoms with Crippen LogP contribution in [0, 0.1) is 0 Å². The predicted octanol–water partition coefficient (Wildman–Crippen LogP) is -0.908. The second kappa shape index (κ2) is 9.87. The molecule has 7 heteroatoms. The van der Waals surface area contributed by atoms with Crippen LogP contribution in [0.5, 0.6) is 5.75 Å². The normalized spacial score (nSPS) is 11.6. The van der Waals surface area contributed by atoms with Gasteiger partial charge in [0.05, 0.1) is 13.1 Å². The van der Waals surface area contributed by atoms with Crippen molar-refractivity contribution in [2.24, 2.45) is 7.05 Å². The third-order valence-electron chi connectivity index (χ3n) is 4.91. The molecule has 0 saturated heterocycles. The zero-order valence-corrected chi connectivity index (χ0v) is 19.0. The van der Waals surface area contributed by atoms with Crippen molar-refractivity contribution in [3.8, 4) is 5.75 Å². The zero-order valence-electron chi connectivity index (χ0n) is 17.0. The van der Waals surface area contributed by atoms with Crippen LogP contribution in [-0.2, 0) is 7.05 Å². The Bertz CT molecular complexity index is 996. The topological polar surface area (TPSA) is 84.2 Å². The van der Waals surface area contributed by atoms with Crippen LogP contribution in [0.1, 0.15) is 46.2 Å². The second-order valence-electron chi connectivity index (χ2n) is 6.59. The minimum atomic E-state index is -1.54. The summed E-state index contributed by atoms with van der Waals surface area (Å²) in [6.45, 7) is 1.93. The molecule has 1 aromatic heterocycles. The number of ether oxygens (including phenoxy) is 1. The van der Waals surface area contributed by atoms with Gasteiger partial charge in [-0.05, 0) is 11.1 Å². The van der Waals surface area contributed by atoms with E-state index in [1.54, 1.807) is 7.05 Å². The number of carbonyl (C=O) groups excluding carboxylic acids is 1. The van der Waals surface area contributed by atoms with Gasteiger partial charge in [0.2, 0.25) is 5.75 Å². The van der Waals surface area contributed by atoms with Crippen LogP contribution in [0.3, 0.4) is 0 Å². The molecule has 6 nitrogen and oxygen atoms in total. The molecule has 0 saturated carbocycles. The van der Waals surface area contributed by atoms with Crippen molar-refractivity contribution in [1.82, 2.24) is 9.55 Å². The van der Waals surface area contributed by atoms with Crippen LogP contribution in [-0.4, -0.2) is 22.6 Å². The number of methoxy groups -OCH3 is 1. The van der Waals surface area contributed by atoms with E-state index in [4.69, 9.17) is 4.74 Å². The van der Waals surface area contributed by atoms with Crippen molar-refractivity contribution in [3.63, 3.8) is 0 Å². The summed E-state index contributed by atoms with van der Waals surface area (Å²) in [5.74, 6) is -1.92. The van der Waals surface area contributed by atoms with Gasteiger partial charge in [-0.3, -0.25) is 9.36 Å². The van der Waals surface area contributed by atoms with Gasteiger partial charge in [0.1, 0.15) is 11.5 Å². The standard InChI is InChI=1S/C22H22N2O4.Na/c1-14(20-23-18(22(26)27)19(28-3)21(25)24(20)2)17(15-10-6-4-7-11-15)16-12-8-5-9-13-16;/h4-14,17H,1-3H3,(H,26,27);/q;+1/p-1. The number of benzene rings is 2. The van der Waals surface area contributed by atoms with Crippen molar-refractivity contribution in [1.29, 1.82) is 0 Å². The Morgan fingerprint density at radius 3 is 1.93 bits per heavy atom. The maximum absolute atomic E-state index is 12.7. The summed E-state index contributed by atoms with van der Waals surface area (Å²) in [4.78, 5) is 28.4. The number of aromatic nitrogens is 2. The summed E-state index contributed by atoms with van der Waals surface area (Å²) >= 11 is 0. The largest absolute Gasteiger partial charge is 1.00 e. The molecule has 1 atom stereocenters. The van der Waals surface area contributed by atoms with Crippen molar-refractivity contribution >= 4 is 5.97 Å². The average Bonchev–Trinajstić information content (AvgIpc) is 2.71. The maximum Gasteiger partial charge on any atom is 1.00 e. The van der Waals surface area contributed by atoms with Crippen LogP contribution >= 0.6 is 0 Å². The molecule has 0 aliphatic rings. The van der Waals surface area contributed by atoms with E-state index in [2.05, 4.69) is 4.98 Å². The molecule has 0 aliphatic carbocycles. The fraction of sp³-hybridized carbons (Fsp3) is 0.227. The maximum atomic E-state index is 12.7. The first kappa shape index (κ1) is 22.9. The van der Waals surface area contributed by atoms with Gasteiger partial charge >= 0.3 is 29.6 Å². The molecule has 0 spiro atoms. The van der Waals surface area contributed by atoms with Crippen LogP contribution in [0.2, 0.25) is 0 Å². The molecule has 0 radical (unpaired) electrons. The van der Waals surface area contributed by atoms with E-state index in [1.165, 1.54) is 11.7 Å². The van der Waals surface area contributed by atoms with Crippen LogP contribution in [0.4, 0.5) is 0 Å². The third-order valence-corrected chi connectivity index (χ3v) is 4.91. The van der Waals surface area contributed by atoms with Crippen molar-refractivity contribution in [3.05, 3.63) is 93.7 Å². The number of hydrogen-bond acceptors (Lipinski definition) is 5. The van der Waals surface area contributed by atoms with E-state index in [1.807, 2.05) is 67.6 Å². The van der Waals surface area contributed by atoms with Gasteiger partial charge in [0, 0.05) is 18.9 Å². The van der Waals surface area contributed by atoms with Gasteiger partial charge in [-0.1, -0.05) is 67.6 Å². The Kier molecular flexibility index (Phi) is 7.79. The smallest absolute Gasteiger partial charge is 0.543 e. The summed E-state index contributed by atoms with van der Waals surface area (Å²) < 4.78 is 6.31. The Morgan fingerprint density at radius 1 is 1.03 bits per heavy atom. The van der Waals surface area contributed by atoms with Crippen molar-refractivity contribution in [2.45, 2.75) is 18.8 Å². The molecule has 0 amide bonds. The number of carboxylic acids is 1. The van der Waals surface area contributed by atoms with E-state index in [0.29, 0.717) is 5.82 Å². The van der Waals surface area contributed by atoms with Crippen LogP contribution < -0.4 is 45.0 Å². The van der Waals surface area contributed by atoms with Gasteiger partial charge in [-0.25, -0.2) is 4.98 Å². The quantitative estimate of drug-likeness (QED) is 0.501. The second-order valence-corrected chi connectivity index (χ2v) is 6.59. The van der Waals surface area contributed by atoms with Gasteiger partial charge in [0.25, 0.3) is 5.56 Å². The van der Waals surface area contributed by atoms with Gasteiger partial charge in [-0.15, -0.1) is 0 Å². The molecule has 144 valence electrons. The number of carbonyl (C=O) groups is 1. The molecular formula is C22H21N2NaO4. The Morgan fingerprint density at radius 2 is 1.52 bits per heavy atom. The van der Waals surface area contributed by atoms with Crippen molar-refractivity contribution < 1.29 is 44.2 Å². The van der Waals surface area contributed by atoms with Gasteiger partial charge in [0.15, 0.2) is 0 Å². The molecule has 0 N–H and O–H groups in total. The monoisotopic (exact) mass is 400 g/mol. The van der Waals surface area contributed by atoms with Crippen molar-refractivity contribution in [2.75, 3.05) is 7.11 Å². The molecule has 0 fully saturated rings. The first-order chi connectivity index (χ1) is 13.5. The fourth-order valence-electron chi connectivity index (χ4n) is 3.57. The Balaban J connectivity index is 0.00000300. The Hall–Kier alpha value is -2.41. The minimum Gasteiger partial charge on any atom is -0.543 e. The molecule has 0 aliphatic heterocycles. The minimum absolute atomic E-state index is 0. The van der Waals surface area contributed by atoms with Crippen LogP contribution in [0.15, 0.2) is 65.5 Å². The van der Waals surface area contributed by atoms with E-state index in [9.17, 15) is 14.7 Å². The molecule has 3 rings (SSSR count). The Labute approximate surface area is 191 Å². The summed E-state index contributed by atoms with van der Waals surface area (Å²) in [5, 5.41) is 11.5. The summed E-state index contributed by atoms with van der Waals surface area (Å²) in [6.07, 6.45) is 0. The molecule has 2 aromatic carbocycles. The molecule has 1 heterocycles. The zero-order chi connectivity index (χ0) is 20.3. The SMILES string of the molecule is COc1c(C(=O)[O-])nc(C(C)C(c2ccccc2)c2ccccc2)n(C)c1=O.[Na+].